The fraction of sp³-hybridized carbons (Fsp3) is 0.524. The number of imide groups is 1. The van der Waals surface area contributed by atoms with Crippen LogP contribution in [0.5, 0.6) is 0 Å². The summed E-state index contributed by atoms with van der Waals surface area (Å²) in [6.45, 7) is 1.77. The molecule has 146 valence electrons. The quantitative estimate of drug-likeness (QED) is 0.823. The first-order valence-corrected chi connectivity index (χ1v) is 10.2. The Labute approximate surface area is 163 Å². The molecule has 1 aromatic heterocycles. The van der Waals surface area contributed by atoms with Crippen LogP contribution in [0.1, 0.15) is 80.3 Å². The smallest absolute Gasteiger partial charge is 0.326 e. The van der Waals surface area contributed by atoms with Gasteiger partial charge in [-0.25, -0.2) is 9.69 Å². The number of urea groups is 1. The van der Waals surface area contributed by atoms with Crippen molar-refractivity contribution in [3.05, 3.63) is 47.1 Å². The lowest BCUT2D eigenvalue weighted by atomic mass is 9.89. The minimum absolute atomic E-state index is 0.229. The van der Waals surface area contributed by atoms with Gasteiger partial charge in [0.15, 0.2) is 5.82 Å². The summed E-state index contributed by atoms with van der Waals surface area (Å²) in [6, 6.07) is 6.83. The Balaban J connectivity index is 1.42. The fourth-order valence-corrected chi connectivity index (χ4v) is 4.96. The number of aryl methyl sites for hydroxylation is 1. The van der Waals surface area contributed by atoms with E-state index < -0.39 is 17.6 Å². The van der Waals surface area contributed by atoms with Gasteiger partial charge in [-0.1, -0.05) is 48.7 Å². The third kappa shape index (κ3) is 2.48. The lowest BCUT2D eigenvalue weighted by Crippen LogP contribution is -2.42. The maximum atomic E-state index is 13.4. The topological polar surface area (TPSA) is 88.3 Å². The molecule has 1 aliphatic heterocycles. The zero-order valence-corrected chi connectivity index (χ0v) is 16.0. The maximum Gasteiger partial charge on any atom is 0.326 e. The average Bonchev–Trinajstić information content (AvgIpc) is 3.41. The number of carbonyl (C=O) groups excluding carboxylic acids is 2. The highest BCUT2D eigenvalue weighted by Gasteiger charge is 2.57. The molecule has 2 fully saturated rings. The molecule has 2 atom stereocenters. The number of benzene rings is 1. The Morgan fingerprint density at radius 1 is 1.21 bits per heavy atom. The highest BCUT2D eigenvalue weighted by Crippen LogP contribution is 2.43. The van der Waals surface area contributed by atoms with Crippen LogP contribution in [-0.4, -0.2) is 27.0 Å². The molecule has 1 saturated carbocycles. The molecular weight excluding hydrogens is 356 g/mol. The van der Waals surface area contributed by atoms with E-state index in [1.54, 1.807) is 6.92 Å². The summed E-state index contributed by atoms with van der Waals surface area (Å²) in [5.41, 5.74) is 1.05. The van der Waals surface area contributed by atoms with E-state index in [2.05, 4.69) is 15.5 Å². The molecule has 7 heteroatoms. The van der Waals surface area contributed by atoms with E-state index in [0.29, 0.717) is 24.1 Å². The van der Waals surface area contributed by atoms with Gasteiger partial charge in [-0.2, -0.15) is 4.98 Å². The van der Waals surface area contributed by atoms with Gasteiger partial charge in [0, 0.05) is 5.92 Å². The second kappa shape index (κ2) is 6.43. The number of amides is 3. The zero-order valence-electron chi connectivity index (χ0n) is 16.0. The molecule has 2 aliphatic carbocycles. The minimum atomic E-state index is -0.964. The van der Waals surface area contributed by atoms with Gasteiger partial charge in [0.05, 0.1) is 0 Å². The van der Waals surface area contributed by atoms with E-state index in [4.69, 9.17) is 4.52 Å². The molecule has 2 aromatic rings. The van der Waals surface area contributed by atoms with Crippen LogP contribution in [-0.2, 0) is 16.8 Å². The van der Waals surface area contributed by atoms with Crippen LogP contribution in [0.15, 0.2) is 28.8 Å². The first-order chi connectivity index (χ1) is 13.6. The summed E-state index contributed by atoms with van der Waals surface area (Å²) in [5, 5.41) is 7.11. The van der Waals surface area contributed by atoms with Gasteiger partial charge in [-0.05, 0) is 43.7 Å². The first-order valence-electron chi connectivity index (χ1n) is 10.2. The summed E-state index contributed by atoms with van der Waals surface area (Å²) < 4.78 is 5.47. The molecule has 0 radical (unpaired) electrons. The highest BCUT2D eigenvalue weighted by atomic mass is 16.5. The summed E-state index contributed by atoms with van der Waals surface area (Å²) >= 11 is 0. The van der Waals surface area contributed by atoms with Crippen LogP contribution in [0.25, 0.3) is 0 Å². The number of nitrogens with zero attached hydrogens (tertiary/aromatic N) is 3. The second-order valence-corrected chi connectivity index (χ2v) is 8.17. The minimum Gasteiger partial charge on any atom is -0.337 e. The monoisotopic (exact) mass is 380 g/mol. The van der Waals surface area contributed by atoms with E-state index in [-0.39, 0.29) is 5.91 Å². The SMILES string of the molecule is CC(c1nc(C2CCCCC2)no1)N1C(=O)NC2(CCc3ccccc32)C1=O. The third-order valence-electron chi connectivity index (χ3n) is 6.54. The molecule has 2 heterocycles. The van der Waals surface area contributed by atoms with Crippen molar-refractivity contribution < 1.29 is 14.1 Å². The highest BCUT2D eigenvalue weighted by molar-refractivity contribution is 6.08. The summed E-state index contributed by atoms with van der Waals surface area (Å²) in [6.07, 6.45) is 7.10. The van der Waals surface area contributed by atoms with Crippen molar-refractivity contribution >= 4 is 11.9 Å². The number of carbonyl (C=O) groups is 2. The van der Waals surface area contributed by atoms with E-state index >= 15 is 0 Å². The number of hydrogen-bond acceptors (Lipinski definition) is 5. The predicted octanol–water partition coefficient (Wildman–Crippen LogP) is 3.57. The second-order valence-electron chi connectivity index (χ2n) is 8.17. The van der Waals surface area contributed by atoms with Crippen molar-refractivity contribution in [2.24, 2.45) is 0 Å². The Morgan fingerprint density at radius 3 is 2.82 bits per heavy atom. The van der Waals surface area contributed by atoms with Gasteiger partial charge < -0.3 is 9.84 Å². The molecule has 1 aromatic carbocycles. The van der Waals surface area contributed by atoms with Crippen molar-refractivity contribution in [3.63, 3.8) is 0 Å². The first kappa shape index (κ1) is 17.4. The van der Waals surface area contributed by atoms with E-state index in [1.165, 1.54) is 24.2 Å². The van der Waals surface area contributed by atoms with Crippen LogP contribution in [0, 0.1) is 0 Å². The van der Waals surface area contributed by atoms with Crippen molar-refractivity contribution in [2.45, 2.75) is 69.4 Å². The van der Waals surface area contributed by atoms with Crippen LogP contribution >= 0.6 is 0 Å². The van der Waals surface area contributed by atoms with Crippen LogP contribution in [0.4, 0.5) is 4.79 Å². The fourth-order valence-electron chi connectivity index (χ4n) is 4.96. The van der Waals surface area contributed by atoms with Crippen molar-refractivity contribution in [3.8, 4) is 0 Å². The molecule has 2 unspecified atom stereocenters. The largest absolute Gasteiger partial charge is 0.337 e. The Bertz CT molecular complexity index is 933. The summed E-state index contributed by atoms with van der Waals surface area (Å²) in [7, 11) is 0. The van der Waals surface area contributed by atoms with Crippen LogP contribution in [0.2, 0.25) is 0 Å². The molecule has 0 bridgehead atoms. The third-order valence-corrected chi connectivity index (χ3v) is 6.54. The van der Waals surface area contributed by atoms with Gasteiger partial charge in [0.25, 0.3) is 5.91 Å². The van der Waals surface area contributed by atoms with Crippen molar-refractivity contribution in [1.82, 2.24) is 20.4 Å². The molecule has 1 saturated heterocycles. The summed E-state index contributed by atoms with van der Waals surface area (Å²) in [5.74, 6) is 1.11. The zero-order chi connectivity index (χ0) is 19.3. The number of aromatic nitrogens is 2. The van der Waals surface area contributed by atoms with E-state index in [1.807, 2.05) is 24.3 Å². The Kier molecular flexibility index (Phi) is 4.00. The maximum absolute atomic E-state index is 13.4. The number of rotatable bonds is 3. The predicted molar refractivity (Wildman–Crippen MR) is 100 cm³/mol. The molecular formula is C21H24N4O3. The average molecular weight is 380 g/mol. The normalized spacial score (nSPS) is 26.0. The Hall–Kier alpha value is -2.70. The van der Waals surface area contributed by atoms with E-state index in [9.17, 15) is 9.59 Å². The molecule has 5 rings (SSSR count). The Morgan fingerprint density at radius 2 is 2.00 bits per heavy atom. The molecule has 3 aliphatic rings. The lowest BCUT2D eigenvalue weighted by molar-refractivity contribution is -0.133. The standard InChI is InChI=1S/C21H24N4O3/c1-13(18-22-17(24-28-18)15-8-3-2-4-9-15)25-19(26)21(23-20(25)27)12-11-14-7-5-6-10-16(14)21/h5-7,10,13,15H,2-4,8-9,11-12H2,1H3,(H,23,27). The molecule has 1 N–H and O–H groups in total. The van der Waals surface area contributed by atoms with E-state index in [0.717, 1.165) is 30.4 Å². The molecule has 7 nitrogen and oxygen atoms in total. The number of nitrogens with one attached hydrogen (secondary N) is 1. The molecule has 28 heavy (non-hydrogen) atoms. The van der Waals surface area contributed by atoms with Gasteiger partial charge in [0.1, 0.15) is 11.6 Å². The number of fused-ring (bicyclic) bond motifs is 2. The van der Waals surface area contributed by atoms with Crippen molar-refractivity contribution in [2.75, 3.05) is 0 Å². The lowest BCUT2D eigenvalue weighted by Gasteiger charge is -2.23. The van der Waals surface area contributed by atoms with Crippen molar-refractivity contribution in [1.29, 1.82) is 0 Å². The summed E-state index contributed by atoms with van der Waals surface area (Å²) in [4.78, 5) is 32.0. The van der Waals surface area contributed by atoms with Crippen LogP contribution in [0.3, 0.4) is 0 Å². The van der Waals surface area contributed by atoms with Gasteiger partial charge in [-0.15, -0.1) is 0 Å². The molecule has 1 spiro atoms. The van der Waals surface area contributed by atoms with Crippen LogP contribution < -0.4 is 5.32 Å². The molecule has 3 amide bonds. The van der Waals surface area contributed by atoms with Gasteiger partial charge in [0.2, 0.25) is 5.89 Å². The van der Waals surface area contributed by atoms with Gasteiger partial charge >= 0.3 is 6.03 Å². The number of hydrogen-bond donors (Lipinski definition) is 1. The van der Waals surface area contributed by atoms with Gasteiger partial charge in [-0.3, -0.25) is 4.79 Å².